The third-order valence-corrected chi connectivity index (χ3v) is 6.78. The number of amides is 2. The zero-order valence-electron chi connectivity index (χ0n) is 14.7. The van der Waals surface area contributed by atoms with Gasteiger partial charge in [-0.2, -0.15) is 4.31 Å². The Morgan fingerprint density at radius 3 is 2.54 bits per heavy atom. The third-order valence-electron chi connectivity index (χ3n) is 4.89. The number of carbonyl (C=O) groups is 2. The lowest BCUT2D eigenvalue weighted by molar-refractivity contribution is -0.124. The van der Waals surface area contributed by atoms with Crippen molar-refractivity contribution in [3.63, 3.8) is 0 Å². The van der Waals surface area contributed by atoms with Crippen molar-refractivity contribution in [2.45, 2.75) is 49.5 Å². The fourth-order valence-electron chi connectivity index (χ4n) is 3.38. The van der Waals surface area contributed by atoms with E-state index in [4.69, 9.17) is 0 Å². The molecule has 2 saturated heterocycles. The van der Waals surface area contributed by atoms with Crippen molar-refractivity contribution in [2.75, 3.05) is 19.6 Å². The van der Waals surface area contributed by atoms with Crippen molar-refractivity contribution in [2.24, 2.45) is 0 Å². The predicted octanol–water partition coefficient (Wildman–Crippen LogP) is 1.26. The van der Waals surface area contributed by atoms with Crippen LogP contribution in [0.15, 0.2) is 29.2 Å². The Morgan fingerprint density at radius 2 is 1.85 bits per heavy atom. The van der Waals surface area contributed by atoms with Crippen LogP contribution in [0.3, 0.4) is 0 Å². The first kappa shape index (κ1) is 18.8. The van der Waals surface area contributed by atoms with Crippen LogP contribution in [0.2, 0.25) is 0 Å². The summed E-state index contributed by atoms with van der Waals surface area (Å²) in [5.41, 5.74) is 0.249. The van der Waals surface area contributed by atoms with Gasteiger partial charge in [-0.25, -0.2) is 8.42 Å². The molecule has 2 aliphatic heterocycles. The van der Waals surface area contributed by atoms with Gasteiger partial charge in [0.1, 0.15) is 6.04 Å². The van der Waals surface area contributed by atoms with Crippen LogP contribution >= 0.6 is 0 Å². The van der Waals surface area contributed by atoms with Crippen LogP contribution < -0.4 is 10.6 Å². The first-order chi connectivity index (χ1) is 12.5. The van der Waals surface area contributed by atoms with Gasteiger partial charge in [0, 0.05) is 25.2 Å². The first-order valence-corrected chi connectivity index (χ1v) is 10.6. The summed E-state index contributed by atoms with van der Waals surface area (Å²) in [4.78, 5) is 24.4. The van der Waals surface area contributed by atoms with Gasteiger partial charge in [0.2, 0.25) is 15.9 Å². The molecule has 2 aliphatic rings. The molecule has 2 amide bonds. The van der Waals surface area contributed by atoms with Gasteiger partial charge < -0.3 is 10.6 Å². The van der Waals surface area contributed by atoms with E-state index in [2.05, 4.69) is 10.6 Å². The maximum Gasteiger partial charge on any atom is 0.251 e. The second kappa shape index (κ2) is 8.18. The lowest BCUT2D eigenvalue weighted by atomic mass is 10.1. The van der Waals surface area contributed by atoms with Crippen LogP contribution in [0.5, 0.6) is 0 Å². The maximum absolute atomic E-state index is 12.9. The Labute approximate surface area is 154 Å². The van der Waals surface area contributed by atoms with Crippen LogP contribution in [0.25, 0.3) is 0 Å². The Bertz CT molecular complexity index is 770. The second-order valence-corrected chi connectivity index (χ2v) is 8.74. The summed E-state index contributed by atoms with van der Waals surface area (Å²) in [6.07, 6.45) is 5.19. The zero-order valence-corrected chi connectivity index (χ0v) is 15.6. The molecule has 7 nitrogen and oxygen atoms in total. The van der Waals surface area contributed by atoms with E-state index < -0.39 is 22.0 Å². The molecule has 0 radical (unpaired) electrons. The molecule has 26 heavy (non-hydrogen) atoms. The summed E-state index contributed by atoms with van der Waals surface area (Å²) in [6.45, 7) is 1.65. The fourth-order valence-corrected chi connectivity index (χ4v) is 4.94. The highest BCUT2D eigenvalue weighted by Gasteiger charge is 2.27. The van der Waals surface area contributed by atoms with Gasteiger partial charge in [0.15, 0.2) is 0 Å². The summed E-state index contributed by atoms with van der Waals surface area (Å²) < 4.78 is 27.3. The molecule has 0 aromatic heterocycles. The van der Waals surface area contributed by atoms with Crippen LogP contribution in [0, 0.1) is 0 Å². The number of nitrogens with one attached hydrogen (secondary N) is 2. The number of hydrogen-bond acceptors (Lipinski definition) is 4. The molecule has 142 valence electrons. The monoisotopic (exact) mass is 379 g/mol. The minimum atomic E-state index is -3.61. The number of sulfonamides is 1. The van der Waals surface area contributed by atoms with E-state index in [9.17, 15) is 18.0 Å². The molecule has 2 fully saturated rings. The molecule has 0 saturated carbocycles. The largest absolute Gasteiger partial charge is 0.354 e. The Balaban J connectivity index is 1.76. The molecule has 0 bridgehead atoms. The molecular weight excluding hydrogens is 354 g/mol. The maximum atomic E-state index is 12.9. The molecule has 1 unspecified atom stereocenters. The SMILES string of the molecule is O=C(NC1CCCNC1=O)c1cccc(S(=O)(=O)N2CCCCCC2)c1. The average Bonchev–Trinajstić information content (AvgIpc) is 2.94. The van der Waals surface area contributed by atoms with Gasteiger partial charge in [-0.15, -0.1) is 0 Å². The normalized spacial score (nSPS) is 22.3. The van der Waals surface area contributed by atoms with E-state index in [1.807, 2.05) is 0 Å². The number of benzene rings is 1. The van der Waals surface area contributed by atoms with Gasteiger partial charge in [0.05, 0.1) is 4.90 Å². The summed E-state index contributed by atoms with van der Waals surface area (Å²) >= 11 is 0. The van der Waals surface area contributed by atoms with Crippen molar-refractivity contribution >= 4 is 21.8 Å². The molecule has 3 rings (SSSR count). The van der Waals surface area contributed by atoms with Crippen LogP contribution in [0.4, 0.5) is 0 Å². The van der Waals surface area contributed by atoms with Gasteiger partial charge in [-0.05, 0) is 43.9 Å². The highest BCUT2D eigenvalue weighted by molar-refractivity contribution is 7.89. The Morgan fingerprint density at radius 1 is 1.12 bits per heavy atom. The van der Waals surface area contributed by atoms with E-state index >= 15 is 0 Å². The molecule has 1 aromatic rings. The molecule has 2 N–H and O–H groups in total. The van der Waals surface area contributed by atoms with E-state index in [0.29, 0.717) is 26.1 Å². The van der Waals surface area contributed by atoms with Crippen molar-refractivity contribution in [1.29, 1.82) is 0 Å². The minimum Gasteiger partial charge on any atom is -0.354 e. The van der Waals surface area contributed by atoms with Gasteiger partial charge >= 0.3 is 0 Å². The van der Waals surface area contributed by atoms with Crippen molar-refractivity contribution in [3.8, 4) is 0 Å². The second-order valence-electron chi connectivity index (χ2n) is 6.81. The molecule has 1 aromatic carbocycles. The van der Waals surface area contributed by atoms with Gasteiger partial charge in [0.25, 0.3) is 5.91 Å². The highest BCUT2D eigenvalue weighted by atomic mass is 32.2. The number of piperidine rings is 1. The standard InChI is InChI=1S/C18H25N3O4S/c22-17(20-16-9-6-10-19-18(16)23)14-7-5-8-15(13-14)26(24,25)21-11-3-1-2-4-12-21/h5,7-8,13,16H,1-4,6,9-12H2,(H,19,23)(H,20,22). The first-order valence-electron chi connectivity index (χ1n) is 9.17. The van der Waals surface area contributed by atoms with Crippen LogP contribution in [-0.2, 0) is 14.8 Å². The number of carbonyl (C=O) groups excluding carboxylic acids is 2. The molecule has 8 heteroatoms. The smallest absolute Gasteiger partial charge is 0.251 e. The summed E-state index contributed by atoms with van der Waals surface area (Å²) in [7, 11) is -3.61. The summed E-state index contributed by atoms with van der Waals surface area (Å²) in [5, 5.41) is 5.41. The quantitative estimate of drug-likeness (QED) is 0.823. The number of hydrogen-bond donors (Lipinski definition) is 2. The van der Waals surface area contributed by atoms with Crippen LogP contribution in [-0.4, -0.2) is 50.2 Å². The van der Waals surface area contributed by atoms with E-state index in [1.54, 1.807) is 12.1 Å². The predicted molar refractivity (Wildman–Crippen MR) is 97.2 cm³/mol. The average molecular weight is 379 g/mol. The summed E-state index contributed by atoms with van der Waals surface area (Å²) in [6, 6.07) is 5.49. The Kier molecular flexibility index (Phi) is 5.93. The highest BCUT2D eigenvalue weighted by Crippen LogP contribution is 2.21. The van der Waals surface area contributed by atoms with Crippen molar-refractivity contribution < 1.29 is 18.0 Å². The van der Waals surface area contributed by atoms with E-state index in [-0.39, 0.29) is 16.4 Å². The number of nitrogens with zero attached hydrogens (tertiary/aromatic N) is 1. The fraction of sp³-hybridized carbons (Fsp3) is 0.556. The number of rotatable bonds is 4. The molecule has 1 atom stereocenters. The molecular formula is C18H25N3O4S. The lowest BCUT2D eigenvalue weighted by Crippen LogP contribution is -2.50. The molecule has 0 spiro atoms. The topological polar surface area (TPSA) is 95.6 Å². The van der Waals surface area contributed by atoms with Gasteiger partial charge in [-0.3, -0.25) is 9.59 Å². The van der Waals surface area contributed by atoms with E-state index in [1.165, 1.54) is 16.4 Å². The molecule has 0 aliphatic carbocycles. The van der Waals surface area contributed by atoms with Crippen LogP contribution in [0.1, 0.15) is 48.9 Å². The van der Waals surface area contributed by atoms with Gasteiger partial charge in [-0.1, -0.05) is 18.9 Å². The minimum absolute atomic E-state index is 0.125. The van der Waals surface area contributed by atoms with Crippen molar-refractivity contribution in [1.82, 2.24) is 14.9 Å². The lowest BCUT2D eigenvalue weighted by Gasteiger charge is -2.23. The van der Waals surface area contributed by atoms with E-state index in [0.717, 1.165) is 32.1 Å². The molecule has 2 heterocycles. The van der Waals surface area contributed by atoms with Crippen molar-refractivity contribution in [3.05, 3.63) is 29.8 Å². The summed E-state index contributed by atoms with van der Waals surface area (Å²) in [5.74, 6) is -0.627. The zero-order chi connectivity index (χ0) is 18.6. The Hall–Kier alpha value is -1.93. The third kappa shape index (κ3) is 4.24.